The number of ketones is 1. The molecule has 122 valence electrons. The molecule has 2 aliphatic rings. The lowest BCUT2D eigenvalue weighted by Gasteiger charge is -2.17. The molecular weight excluding hydrogens is 292 g/mol. The second-order valence-electron chi connectivity index (χ2n) is 5.94. The highest BCUT2D eigenvalue weighted by atomic mass is 16.2. The van der Waals surface area contributed by atoms with Crippen molar-refractivity contribution in [1.82, 2.24) is 15.6 Å². The molecule has 23 heavy (non-hydrogen) atoms. The summed E-state index contributed by atoms with van der Waals surface area (Å²) in [6.07, 6.45) is 6.26. The molecule has 0 aromatic carbocycles. The predicted molar refractivity (Wildman–Crippen MR) is 88.2 cm³/mol. The number of nitrogens with zero attached hydrogens (tertiary/aromatic N) is 1. The van der Waals surface area contributed by atoms with Crippen molar-refractivity contribution in [3.63, 3.8) is 0 Å². The van der Waals surface area contributed by atoms with Crippen molar-refractivity contribution in [1.29, 1.82) is 0 Å². The van der Waals surface area contributed by atoms with Crippen LogP contribution in [0.15, 0.2) is 23.9 Å². The van der Waals surface area contributed by atoms with Crippen LogP contribution < -0.4 is 16.0 Å². The second-order valence-corrected chi connectivity index (χ2v) is 5.94. The van der Waals surface area contributed by atoms with Gasteiger partial charge in [-0.05, 0) is 30.9 Å². The maximum atomic E-state index is 11.8. The molecule has 6 nitrogen and oxygen atoms in total. The molecule has 1 aliphatic carbocycles. The van der Waals surface area contributed by atoms with Gasteiger partial charge in [0.15, 0.2) is 0 Å². The van der Waals surface area contributed by atoms with Crippen molar-refractivity contribution in [3.05, 3.63) is 35.2 Å². The molecule has 2 heterocycles. The molecule has 0 unspecified atom stereocenters. The Morgan fingerprint density at radius 2 is 2.17 bits per heavy atom. The Hall–Kier alpha value is -2.37. The molecular formula is C17H22N4O2. The third-order valence-corrected chi connectivity index (χ3v) is 4.14. The van der Waals surface area contributed by atoms with Crippen LogP contribution in [0.2, 0.25) is 0 Å². The van der Waals surface area contributed by atoms with E-state index in [0.717, 1.165) is 36.6 Å². The molecule has 1 aromatic rings. The van der Waals surface area contributed by atoms with Crippen LogP contribution in [0.1, 0.15) is 36.9 Å². The number of aromatic nitrogens is 1. The fourth-order valence-electron chi connectivity index (χ4n) is 2.83. The smallest absolute Gasteiger partial charge is 0.318 e. The van der Waals surface area contributed by atoms with Gasteiger partial charge in [-0.1, -0.05) is 12.1 Å². The maximum absolute atomic E-state index is 11.8. The number of hydrogen-bond acceptors (Lipinski definition) is 4. The first-order chi connectivity index (χ1) is 11.2. The van der Waals surface area contributed by atoms with Crippen molar-refractivity contribution in [3.8, 4) is 0 Å². The number of pyridine rings is 1. The van der Waals surface area contributed by atoms with E-state index >= 15 is 0 Å². The van der Waals surface area contributed by atoms with Crippen LogP contribution in [0.5, 0.6) is 0 Å². The van der Waals surface area contributed by atoms with Crippen LogP contribution in [0, 0.1) is 0 Å². The van der Waals surface area contributed by atoms with Crippen molar-refractivity contribution in [2.45, 2.75) is 38.5 Å². The molecule has 3 N–H and O–H groups in total. The summed E-state index contributed by atoms with van der Waals surface area (Å²) >= 11 is 0. The van der Waals surface area contributed by atoms with Crippen molar-refractivity contribution >= 4 is 17.6 Å². The van der Waals surface area contributed by atoms with E-state index in [1.54, 1.807) is 6.08 Å². The number of allylic oxidation sites excluding steroid dienone is 2. The Bertz CT molecular complexity index is 639. The monoisotopic (exact) mass is 314 g/mol. The number of fused-ring (bicyclic) bond motifs is 1. The Labute approximate surface area is 135 Å². The topological polar surface area (TPSA) is 83.1 Å². The number of urea groups is 1. The van der Waals surface area contributed by atoms with E-state index in [4.69, 9.17) is 0 Å². The van der Waals surface area contributed by atoms with Gasteiger partial charge in [-0.2, -0.15) is 0 Å². The summed E-state index contributed by atoms with van der Waals surface area (Å²) in [6, 6.07) is 3.93. The number of aryl methyl sites for hydroxylation is 1. The summed E-state index contributed by atoms with van der Waals surface area (Å²) < 4.78 is 0. The van der Waals surface area contributed by atoms with Crippen molar-refractivity contribution in [2.75, 3.05) is 18.4 Å². The highest BCUT2D eigenvalue weighted by Gasteiger charge is 2.13. The van der Waals surface area contributed by atoms with Gasteiger partial charge < -0.3 is 16.0 Å². The van der Waals surface area contributed by atoms with Gasteiger partial charge in [0.2, 0.25) is 0 Å². The maximum Gasteiger partial charge on any atom is 0.318 e. The van der Waals surface area contributed by atoms with Crippen LogP contribution in [0.25, 0.3) is 0 Å². The van der Waals surface area contributed by atoms with E-state index in [9.17, 15) is 9.59 Å². The Kier molecular flexibility index (Phi) is 4.90. The largest absolute Gasteiger partial charge is 0.370 e. The molecule has 2 amide bonds. The normalized spacial score (nSPS) is 16.9. The number of rotatable bonds is 4. The lowest BCUT2D eigenvalue weighted by Crippen LogP contribution is -2.36. The number of hydrogen-bond donors (Lipinski definition) is 3. The Balaban J connectivity index is 1.44. The quantitative estimate of drug-likeness (QED) is 0.793. The van der Waals surface area contributed by atoms with Gasteiger partial charge in [0, 0.05) is 43.7 Å². The lowest BCUT2D eigenvalue weighted by atomic mass is 10.0. The van der Waals surface area contributed by atoms with E-state index in [0.29, 0.717) is 32.2 Å². The van der Waals surface area contributed by atoms with Gasteiger partial charge in [0.1, 0.15) is 11.6 Å². The first-order valence-corrected chi connectivity index (χ1v) is 8.19. The van der Waals surface area contributed by atoms with Crippen LogP contribution in [-0.2, 0) is 17.6 Å². The molecule has 6 heteroatoms. The Morgan fingerprint density at radius 3 is 3.00 bits per heavy atom. The molecule has 0 atom stereocenters. The average Bonchev–Trinajstić information content (AvgIpc) is 2.57. The number of carbonyl (C=O) groups excluding carboxylic acids is 2. The number of carbonyl (C=O) groups is 2. The molecule has 0 saturated carbocycles. The van der Waals surface area contributed by atoms with Gasteiger partial charge in [-0.3, -0.25) is 4.79 Å². The van der Waals surface area contributed by atoms with E-state index in [-0.39, 0.29) is 11.8 Å². The minimum Gasteiger partial charge on any atom is -0.370 e. The molecule has 1 aliphatic heterocycles. The summed E-state index contributed by atoms with van der Waals surface area (Å²) in [4.78, 5) is 27.6. The first-order valence-electron chi connectivity index (χ1n) is 8.19. The molecule has 0 saturated heterocycles. The molecule has 0 spiro atoms. The highest BCUT2D eigenvalue weighted by Crippen LogP contribution is 2.19. The SMILES string of the molecule is O=C1CC=C(NC(=O)NCCc2ccc3c(n2)NCCC3)CC1. The van der Waals surface area contributed by atoms with Gasteiger partial charge in [0.25, 0.3) is 0 Å². The summed E-state index contributed by atoms with van der Waals surface area (Å²) in [5, 5.41) is 8.95. The number of nitrogens with one attached hydrogen (secondary N) is 3. The van der Waals surface area contributed by atoms with Gasteiger partial charge >= 0.3 is 6.03 Å². The third-order valence-electron chi connectivity index (χ3n) is 4.14. The molecule has 1 aromatic heterocycles. The molecule has 0 fully saturated rings. The zero-order valence-corrected chi connectivity index (χ0v) is 13.2. The summed E-state index contributed by atoms with van der Waals surface area (Å²) in [5.74, 6) is 1.21. The van der Waals surface area contributed by atoms with Crippen molar-refractivity contribution < 1.29 is 9.59 Å². The van der Waals surface area contributed by atoms with E-state index in [1.807, 2.05) is 6.07 Å². The highest BCUT2D eigenvalue weighted by molar-refractivity contribution is 5.82. The van der Waals surface area contributed by atoms with E-state index < -0.39 is 0 Å². The summed E-state index contributed by atoms with van der Waals surface area (Å²) in [5.41, 5.74) is 3.07. The standard InChI is InChI=1S/C17H22N4O2/c22-15-7-5-13(6-8-15)21-17(23)19-11-9-14-4-3-12-2-1-10-18-16(12)20-14/h3-5H,1-2,6-11H2,(H,18,20)(H2,19,21,23). The fourth-order valence-corrected chi connectivity index (χ4v) is 2.83. The van der Waals surface area contributed by atoms with Gasteiger partial charge in [-0.15, -0.1) is 0 Å². The number of amides is 2. The van der Waals surface area contributed by atoms with Crippen LogP contribution in [-0.4, -0.2) is 29.9 Å². The van der Waals surface area contributed by atoms with Gasteiger partial charge in [-0.25, -0.2) is 9.78 Å². The Morgan fingerprint density at radius 1 is 1.26 bits per heavy atom. The predicted octanol–water partition coefficient (Wildman–Crippen LogP) is 1.92. The zero-order valence-electron chi connectivity index (χ0n) is 13.2. The average molecular weight is 314 g/mol. The van der Waals surface area contributed by atoms with E-state index in [1.165, 1.54) is 5.56 Å². The minimum absolute atomic E-state index is 0.221. The summed E-state index contributed by atoms with van der Waals surface area (Å²) in [6.45, 7) is 1.51. The van der Waals surface area contributed by atoms with E-state index in [2.05, 4.69) is 27.0 Å². The third kappa shape index (κ3) is 4.31. The lowest BCUT2D eigenvalue weighted by molar-refractivity contribution is -0.118. The molecule has 0 radical (unpaired) electrons. The number of anilines is 1. The minimum atomic E-state index is -0.221. The molecule has 3 rings (SSSR count). The first kappa shape index (κ1) is 15.5. The van der Waals surface area contributed by atoms with Crippen molar-refractivity contribution in [2.24, 2.45) is 0 Å². The van der Waals surface area contributed by atoms with Gasteiger partial charge in [0.05, 0.1) is 0 Å². The van der Waals surface area contributed by atoms with Crippen LogP contribution in [0.4, 0.5) is 10.6 Å². The van der Waals surface area contributed by atoms with Crippen LogP contribution >= 0.6 is 0 Å². The van der Waals surface area contributed by atoms with Crippen LogP contribution in [0.3, 0.4) is 0 Å². The summed E-state index contributed by atoms with van der Waals surface area (Å²) in [7, 11) is 0. The second kappa shape index (κ2) is 7.26. The fraction of sp³-hybridized carbons (Fsp3) is 0.471. The number of Topliss-reactive ketones (excluding diaryl/α,β-unsaturated/α-hetero) is 1. The zero-order chi connectivity index (χ0) is 16.1. The molecule has 0 bridgehead atoms.